The number of benzene rings is 1. The zero-order valence-electron chi connectivity index (χ0n) is 9.44. The molecule has 16 heavy (non-hydrogen) atoms. The van der Waals surface area contributed by atoms with Gasteiger partial charge in [0.15, 0.2) is 0 Å². The summed E-state index contributed by atoms with van der Waals surface area (Å²) in [5.41, 5.74) is 7.90. The van der Waals surface area contributed by atoms with Gasteiger partial charge in [-0.15, -0.1) is 0 Å². The summed E-state index contributed by atoms with van der Waals surface area (Å²) in [4.78, 5) is 10.5. The topological polar surface area (TPSA) is 75.3 Å². The predicted molar refractivity (Wildman–Crippen MR) is 63.4 cm³/mol. The molecular weight excluding hydrogens is 204 g/mol. The van der Waals surface area contributed by atoms with Crippen LogP contribution in [0.25, 0.3) is 0 Å². The van der Waals surface area contributed by atoms with E-state index in [1.165, 1.54) is 11.1 Å². The average Bonchev–Trinajstić information content (AvgIpc) is 2.26. The molecule has 0 aliphatic carbocycles. The van der Waals surface area contributed by atoms with Crippen molar-refractivity contribution in [3.8, 4) is 0 Å². The van der Waals surface area contributed by atoms with Crippen molar-refractivity contribution in [2.45, 2.75) is 19.4 Å². The first kappa shape index (κ1) is 12.7. The van der Waals surface area contributed by atoms with E-state index in [0.717, 1.165) is 13.0 Å². The Morgan fingerprint density at radius 3 is 2.81 bits per heavy atom. The number of carbonyl (C=O) groups is 1. The van der Waals surface area contributed by atoms with Crippen molar-refractivity contribution in [1.82, 2.24) is 5.32 Å². The predicted octanol–water partition coefficient (Wildman–Crippen LogP) is 0.539. The van der Waals surface area contributed by atoms with Gasteiger partial charge in [-0.1, -0.05) is 24.3 Å². The number of hydrogen-bond donors (Lipinski definition) is 3. The third-order valence-corrected chi connectivity index (χ3v) is 2.51. The summed E-state index contributed by atoms with van der Waals surface area (Å²) >= 11 is 0. The molecule has 4 N–H and O–H groups in total. The number of carboxylic acid groups (broad SMARTS) is 1. The van der Waals surface area contributed by atoms with E-state index in [-0.39, 0.29) is 0 Å². The van der Waals surface area contributed by atoms with E-state index >= 15 is 0 Å². The van der Waals surface area contributed by atoms with E-state index in [4.69, 9.17) is 10.8 Å². The summed E-state index contributed by atoms with van der Waals surface area (Å²) in [6.45, 7) is 3.12. The number of rotatable bonds is 6. The molecule has 4 nitrogen and oxygen atoms in total. The van der Waals surface area contributed by atoms with Crippen molar-refractivity contribution < 1.29 is 9.90 Å². The van der Waals surface area contributed by atoms with Gasteiger partial charge in [0.2, 0.25) is 0 Å². The number of hydrogen-bond acceptors (Lipinski definition) is 3. The van der Waals surface area contributed by atoms with Gasteiger partial charge in [-0.2, -0.15) is 0 Å². The van der Waals surface area contributed by atoms with Gasteiger partial charge < -0.3 is 16.2 Å². The number of nitrogens with two attached hydrogens (primary N) is 1. The van der Waals surface area contributed by atoms with E-state index < -0.39 is 12.0 Å². The zero-order valence-corrected chi connectivity index (χ0v) is 9.44. The largest absolute Gasteiger partial charge is 0.480 e. The van der Waals surface area contributed by atoms with Crippen LogP contribution in [0.15, 0.2) is 24.3 Å². The molecule has 1 unspecified atom stereocenters. The van der Waals surface area contributed by atoms with Crippen molar-refractivity contribution in [2.24, 2.45) is 5.73 Å². The van der Waals surface area contributed by atoms with Crippen LogP contribution in [0.2, 0.25) is 0 Å². The SMILES string of the molecule is Cc1ccccc1CCNCC(N)C(=O)O. The molecule has 0 fully saturated rings. The lowest BCUT2D eigenvalue weighted by molar-refractivity contribution is -0.138. The molecule has 0 radical (unpaired) electrons. The molecule has 1 atom stereocenters. The van der Waals surface area contributed by atoms with E-state index in [1.807, 2.05) is 12.1 Å². The third-order valence-electron chi connectivity index (χ3n) is 2.51. The molecule has 1 aromatic carbocycles. The molecular formula is C12H18N2O2. The summed E-state index contributed by atoms with van der Waals surface area (Å²) < 4.78 is 0. The molecule has 0 aromatic heterocycles. The van der Waals surface area contributed by atoms with Crippen LogP contribution in [0.1, 0.15) is 11.1 Å². The molecule has 88 valence electrons. The molecule has 0 heterocycles. The van der Waals surface area contributed by atoms with Crippen LogP contribution in [-0.2, 0) is 11.2 Å². The summed E-state index contributed by atoms with van der Waals surface area (Å²) in [6.07, 6.45) is 0.888. The van der Waals surface area contributed by atoms with Crippen molar-refractivity contribution >= 4 is 5.97 Å². The first-order valence-corrected chi connectivity index (χ1v) is 5.35. The normalized spacial score (nSPS) is 12.4. The summed E-state index contributed by atoms with van der Waals surface area (Å²) in [7, 11) is 0. The summed E-state index contributed by atoms with van der Waals surface area (Å²) in [6, 6.07) is 7.33. The van der Waals surface area contributed by atoms with Crippen LogP contribution < -0.4 is 11.1 Å². The number of carboxylic acids is 1. The Hall–Kier alpha value is -1.39. The standard InChI is InChI=1S/C12H18N2O2/c1-9-4-2-3-5-10(9)6-7-14-8-11(13)12(15)16/h2-5,11,14H,6-8,13H2,1H3,(H,15,16). The molecule has 0 aliphatic heterocycles. The minimum Gasteiger partial charge on any atom is -0.480 e. The lowest BCUT2D eigenvalue weighted by Crippen LogP contribution is -2.40. The Kier molecular flexibility index (Phi) is 4.95. The van der Waals surface area contributed by atoms with Gasteiger partial charge in [-0.25, -0.2) is 0 Å². The minimum absolute atomic E-state index is 0.307. The van der Waals surface area contributed by atoms with Gasteiger partial charge in [-0.05, 0) is 31.0 Å². The second-order valence-corrected chi connectivity index (χ2v) is 3.83. The quantitative estimate of drug-likeness (QED) is 0.614. The molecule has 0 bridgehead atoms. The number of aliphatic carboxylic acids is 1. The highest BCUT2D eigenvalue weighted by Crippen LogP contribution is 2.06. The highest BCUT2D eigenvalue weighted by atomic mass is 16.4. The Morgan fingerprint density at radius 1 is 1.50 bits per heavy atom. The summed E-state index contributed by atoms with van der Waals surface area (Å²) in [5, 5.41) is 11.6. The fourth-order valence-electron chi connectivity index (χ4n) is 1.46. The zero-order chi connectivity index (χ0) is 12.0. The highest BCUT2D eigenvalue weighted by Gasteiger charge is 2.09. The van der Waals surface area contributed by atoms with Crippen molar-refractivity contribution in [1.29, 1.82) is 0 Å². The van der Waals surface area contributed by atoms with Gasteiger partial charge >= 0.3 is 5.97 Å². The molecule has 0 amide bonds. The maximum absolute atomic E-state index is 10.5. The maximum atomic E-state index is 10.5. The van der Waals surface area contributed by atoms with Gasteiger partial charge in [0, 0.05) is 6.54 Å². The monoisotopic (exact) mass is 222 g/mol. The van der Waals surface area contributed by atoms with E-state index in [1.54, 1.807) is 0 Å². The van der Waals surface area contributed by atoms with Crippen LogP contribution in [0.3, 0.4) is 0 Å². The van der Waals surface area contributed by atoms with Crippen molar-refractivity contribution in [3.05, 3.63) is 35.4 Å². The van der Waals surface area contributed by atoms with E-state index in [2.05, 4.69) is 24.4 Å². The highest BCUT2D eigenvalue weighted by molar-refractivity contribution is 5.73. The molecule has 1 rings (SSSR count). The maximum Gasteiger partial charge on any atom is 0.321 e. The van der Waals surface area contributed by atoms with Gasteiger partial charge in [-0.3, -0.25) is 4.79 Å². The van der Waals surface area contributed by atoms with Crippen LogP contribution in [0.5, 0.6) is 0 Å². The molecule has 1 aromatic rings. The molecule has 0 aliphatic rings. The van der Waals surface area contributed by atoms with Gasteiger partial charge in [0.05, 0.1) is 0 Å². The van der Waals surface area contributed by atoms with Crippen LogP contribution >= 0.6 is 0 Å². The third kappa shape index (κ3) is 4.00. The molecule has 4 heteroatoms. The Bertz CT molecular complexity index is 353. The van der Waals surface area contributed by atoms with E-state index in [9.17, 15) is 4.79 Å². The second-order valence-electron chi connectivity index (χ2n) is 3.83. The smallest absolute Gasteiger partial charge is 0.321 e. The fraction of sp³-hybridized carbons (Fsp3) is 0.417. The first-order valence-electron chi connectivity index (χ1n) is 5.35. The van der Waals surface area contributed by atoms with Crippen molar-refractivity contribution in [3.63, 3.8) is 0 Å². The lowest BCUT2D eigenvalue weighted by atomic mass is 10.1. The Balaban J connectivity index is 2.26. The van der Waals surface area contributed by atoms with Crippen LogP contribution in [0, 0.1) is 6.92 Å². The van der Waals surface area contributed by atoms with Gasteiger partial charge in [0.25, 0.3) is 0 Å². The molecule has 0 spiro atoms. The lowest BCUT2D eigenvalue weighted by Gasteiger charge is -2.09. The summed E-state index contributed by atoms with van der Waals surface area (Å²) in [5.74, 6) is -0.969. The average molecular weight is 222 g/mol. The Morgan fingerprint density at radius 2 is 2.19 bits per heavy atom. The fourth-order valence-corrected chi connectivity index (χ4v) is 1.46. The number of aryl methyl sites for hydroxylation is 1. The van der Waals surface area contributed by atoms with E-state index in [0.29, 0.717) is 6.54 Å². The molecule has 0 saturated heterocycles. The van der Waals surface area contributed by atoms with Crippen molar-refractivity contribution in [2.75, 3.05) is 13.1 Å². The minimum atomic E-state index is -0.969. The second kappa shape index (κ2) is 6.25. The van der Waals surface area contributed by atoms with Crippen LogP contribution in [-0.4, -0.2) is 30.2 Å². The first-order chi connectivity index (χ1) is 7.61. The Labute approximate surface area is 95.5 Å². The number of nitrogens with one attached hydrogen (secondary N) is 1. The van der Waals surface area contributed by atoms with Gasteiger partial charge in [0.1, 0.15) is 6.04 Å². The molecule has 0 saturated carbocycles. The van der Waals surface area contributed by atoms with Crippen LogP contribution in [0.4, 0.5) is 0 Å².